The molecule has 18 heavy (non-hydrogen) atoms. The molecule has 0 saturated carbocycles. The molecule has 0 aliphatic carbocycles. The van der Waals surface area contributed by atoms with E-state index in [2.05, 4.69) is 29.5 Å². The SMILES string of the molecule is CCCCC1(c2ccc(I)cc2F)SCCCS1. The van der Waals surface area contributed by atoms with E-state index in [1.807, 2.05) is 35.7 Å². The molecule has 1 aromatic rings. The molecular formula is C14H18FIS2. The van der Waals surface area contributed by atoms with Gasteiger partial charge in [0.2, 0.25) is 0 Å². The monoisotopic (exact) mass is 396 g/mol. The third kappa shape index (κ3) is 3.37. The Bertz CT molecular complexity index is 403. The van der Waals surface area contributed by atoms with Crippen LogP contribution in [0.25, 0.3) is 0 Å². The summed E-state index contributed by atoms with van der Waals surface area (Å²) in [4.78, 5) is 0. The molecule has 0 N–H and O–H groups in total. The molecule has 0 nitrogen and oxygen atoms in total. The fraction of sp³-hybridized carbons (Fsp3) is 0.571. The summed E-state index contributed by atoms with van der Waals surface area (Å²) in [5.41, 5.74) is 0.908. The predicted octanol–water partition coefficient (Wildman–Crippen LogP) is 5.64. The molecule has 1 aromatic carbocycles. The third-order valence-electron chi connectivity index (χ3n) is 3.16. The Kier molecular flexibility index (Phi) is 5.69. The highest BCUT2D eigenvalue weighted by Crippen LogP contribution is 2.54. The topological polar surface area (TPSA) is 0 Å². The summed E-state index contributed by atoms with van der Waals surface area (Å²) in [5.74, 6) is 2.28. The van der Waals surface area contributed by atoms with Crippen LogP contribution in [0.2, 0.25) is 0 Å². The first-order valence-corrected chi connectivity index (χ1v) is 9.46. The van der Waals surface area contributed by atoms with Gasteiger partial charge in [-0.25, -0.2) is 4.39 Å². The van der Waals surface area contributed by atoms with Gasteiger partial charge in [-0.15, -0.1) is 23.5 Å². The van der Waals surface area contributed by atoms with Crippen molar-refractivity contribution in [3.63, 3.8) is 0 Å². The lowest BCUT2D eigenvalue weighted by molar-refractivity contribution is 0.581. The second-order valence-corrected chi connectivity index (χ2v) is 8.82. The average molecular weight is 396 g/mol. The van der Waals surface area contributed by atoms with Gasteiger partial charge in [-0.1, -0.05) is 25.8 Å². The maximum Gasteiger partial charge on any atom is 0.129 e. The lowest BCUT2D eigenvalue weighted by atomic mass is 10.1. The molecule has 2 rings (SSSR count). The van der Waals surface area contributed by atoms with E-state index in [1.165, 1.54) is 19.3 Å². The fourth-order valence-corrected chi connectivity index (χ4v) is 6.14. The van der Waals surface area contributed by atoms with Crippen LogP contribution >= 0.6 is 46.1 Å². The third-order valence-corrected chi connectivity index (χ3v) is 7.30. The summed E-state index contributed by atoms with van der Waals surface area (Å²) < 4.78 is 15.2. The minimum absolute atomic E-state index is 0.0279. The van der Waals surface area contributed by atoms with E-state index in [4.69, 9.17) is 0 Å². The number of hydrogen-bond donors (Lipinski definition) is 0. The first kappa shape index (κ1) is 15.0. The first-order valence-electron chi connectivity index (χ1n) is 6.41. The molecule has 0 bridgehead atoms. The van der Waals surface area contributed by atoms with Crippen molar-refractivity contribution < 1.29 is 4.39 Å². The number of benzene rings is 1. The van der Waals surface area contributed by atoms with Gasteiger partial charge in [0.15, 0.2) is 0 Å². The molecule has 1 fully saturated rings. The lowest BCUT2D eigenvalue weighted by Gasteiger charge is -2.37. The molecule has 0 radical (unpaired) electrons. The van der Waals surface area contributed by atoms with Crippen LogP contribution in [0.3, 0.4) is 0 Å². The Balaban J connectivity index is 2.32. The molecule has 0 atom stereocenters. The molecular weight excluding hydrogens is 378 g/mol. The Labute approximate surface area is 131 Å². The van der Waals surface area contributed by atoms with Crippen LogP contribution in [0, 0.1) is 9.39 Å². The van der Waals surface area contributed by atoms with Crippen LogP contribution in [-0.2, 0) is 4.08 Å². The summed E-state index contributed by atoms with van der Waals surface area (Å²) in [5, 5.41) is 0. The second kappa shape index (κ2) is 6.84. The van der Waals surface area contributed by atoms with Gasteiger partial charge in [-0.2, -0.15) is 0 Å². The summed E-state index contributed by atoms with van der Waals surface area (Å²) in [7, 11) is 0. The average Bonchev–Trinajstić information content (AvgIpc) is 2.37. The van der Waals surface area contributed by atoms with Gasteiger partial charge >= 0.3 is 0 Å². The molecule has 1 saturated heterocycles. The molecule has 4 heteroatoms. The number of hydrogen-bond acceptors (Lipinski definition) is 2. The van der Waals surface area contributed by atoms with E-state index in [-0.39, 0.29) is 9.90 Å². The van der Waals surface area contributed by atoms with Crippen molar-refractivity contribution in [1.82, 2.24) is 0 Å². The largest absolute Gasteiger partial charge is 0.207 e. The van der Waals surface area contributed by atoms with Gasteiger partial charge < -0.3 is 0 Å². The van der Waals surface area contributed by atoms with Crippen LogP contribution in [0.5, 0.6) is 0 Å². The number of rotatable bonds is 4. The van der Waals surface area contributed by atoms with E-state index >= 15 is 0 Å². The summed E-state index contributed by atoms with van der Waals surface area (Å²) in [6.07, 6.45) is 4.67. The van der Waals surface area contributed by atoms with Crippen LogP contribution in [0.4, 0.5) is 4.39 Å². The molecule has 0 spiro atoms. The van der Waals surface area contributed by atoms with Crippen LogP contribution in [0.1, 0.15) is 38.2 Å². The van der Waals surface area contributed by atoms with Gasteiger partial charge in [0, 0.05) is 9.13 Å². The van der Waals surface area contributed by atoms with Gasteiger partial charge in [-0.3, -0.25) is 0 Å². The van der Waals surface area contributed by atoms with E-state index in [9.17, 15) is 4.39 Å². The minimum Gasteiger partial charge on any atom is -0.207 e. The molecule has 0 unspecified atom stereocenters. The molecule has 0 aromatic heterocycles. The van der Waals surface area contributed by atoms with Gasteiger partial charge in [-0.05, 0) is 59.1 Å². The quantitative estimate of drug-likeness (QED) is 0.604. The highest BCUT2D eigenvalue weighted by atomic mass is 127. The summed E-state index contributed by atoms with van der Waals surface area (Å²) in [6.45, 7) is 2.20. The van der Waals surface area contributed by atoms with Crippen molar-refractivity contribution in [2.75, 3.05) is 11.5 Å². The van der Waals surface area contributed by atoms with Crippen molar-refractivity contribution in [2.45, 2.75) is 36.7 Å². The smallest absolute Gasteiger partial charge is 0.129 e. The molecule has 1 heterocycles. The van der Waals surface area contributed by atoms with E-state index < -0.39 is 0 Å². The second-order valence-electron chi connectivity index (χ2n) is 4.53. The van der Waals surface area contributed by atoms with Gasteiger partial charge in [0.25, 0.3) is 0 Å². The molecule has 1 aliphatic heterocycles. The Hall–Kier alpha value is 0.580. The standard InChI is InChI=1S/C14H18FIS2/c1-2-3-7-14(17-8-4-9-18-14)12-6-5-11(16)10-13(12)15/h5-6,10H,2-4,7-9H2,1H3. The Morgan fingerprint density at radius 3 is 2.67 bits per heavy atom. The summed E-state index contributed by atoms with van der Waals surface area (Å²) in [6, 6.07) is 5.69. The zero-order valence-electron chi connectivity index (χ0n) is 10.5. The zero-order chi connectivity index (χ0) is 13.0. The Morgan fingerprint density at radius 1 is 1.33 bits per heavy atom. The summed E-state index contributed by atoms with van der Waals surface area (Å²) >= 11 is 6.06. The maximum atomic E-state index is 14.3. The Morgan fingerprint density at radius 2 is 2.06 bits per heavy atom. The van der Waals surface area contributed by atoms with E-state index in [0.717, 1.165) is 27.1 Å². The fourth-order valence-electron chi connectivity index (χ4n) is 2.22. The molecule has 100 valence electrons. The molecule has 1 aliphatic rings. The number of unbranched alkanes of at least 4 members (excludes halogenated alkanes) is 1. The van der Waals surface area contributed by atoms with Crippen molar-refractivity contribution in [1.29, 1.82) is 0 Å². The lowest BCUT2D eigenvalue weighted by Crippen LogP contribution is -2.24. The van der Waals surface area contributed by atoms with Crippen LogP contribution < -0.4 is 0 Å². The van der Waals surface area contributed by atoms with Crippen molar-refractivity contribution in [3.05, 3.63) is 33.1 Å². The van der Waals surface area contributed by atoms with Gasteiger partial charge in [0.05, 0.1) is 4.08 Å². The van der Waals surface area contributed by atoms with Crippen molar-refractivity contribution >= 4 is 46.1 Å². The van der Waals surface area contributed by atoms with Crippen LogP contribution in [0.15, 0.2) is 18.2 Å². The first-order chi connectivity index (χ1) is 8.68. The van der Waals surface area contributed by atoms with Crippen LogP contribution in [-0.4, -0.2) is 11.5 Å². The van der Waals surface area contributed by atoms with Gasteiger partial charge in [0.1, 0.15) is 5.82 Å². The number of halogens is 2. The number of thioether (sulfide) groups is 2. The normalized spacial score (nSPS) is 18.8. The predicted molar refractivity (Wildman–Crippen MR) is 89.9 cm³/mol. The maximum absolute atomic E-state index is 14.3. The highest BCUT2D eigenvalue weighted by Gasteiger charge is 2.37. The van der Waals surface area contributed by atoms with E-state index in [1.54, 1.807) is 6.07 Å². The van der Waals surface area contributed by atoms with Crippen molar-refractivity contribution in [3.8, 4) is 0 Å². The highest BCUT2D eigenvalue weighted by molar-refractivity contribution is 14.1. The van der Waals surface area contributed by atoms with E-state index in [0.29, 0.717) is 0 Å². The van der Waals surface area contributed by atoms with Crippen molar-refractivity contribution in [2.24, 2.45) is 0 Å². The molecule has 0 amide bonds. The minimum atomic E-state index is -0.0390. The zero-order valence-corrected chi connectivity index (χ0v) is 14.3.